The largest absolute Gasteiger partial charge is 0.463 e. The molecule has 0 saturated heterocycles. The topological polar surface area (TPSA) is 69.5 Å². The van der Waals surface area contributed by atoms with Gasteiger partial charge in [-0.2, -0.15) is 5.10 Å². The Morgan fingerprint density at radius 3 is 2.73 bits per heavy atom. The molecule has 0 saturated carbocycles. The van der Waals surface area contributed by atoms with Gasteiger partial charge in [0.05, 0.1) is 17.9 Å². The molecule has 2 aromatic heterocycles. The smallest absolute Gasteiger partial charge is 0.242 e. The van der Waals surface area contributed by atoms with Gasteiger partial charge in [0.15, 0.2) is 11.5 Å². The predicted octanol–water partition coefficient (Wildman–Crippen LogP) is 4.95. The molecule has 150 valence electrons. The van der Waals surface area contributed by atoms with Gasteiger partial charge < -0.3 is 18.3 Å². The van der Waals surface area contributed by atoms with Crippen LogP contribution in [0.2, 0.25) is 0 Å². The molecular weight excluding hydrogens is 380 g/mol. The Morgan fingerprint density at radius 2 is 1.80 bits per heavy atom. The lowest BCUT2D eigenvalue weighted by molar-refractivity contribution is 0.174. The Bertz CT molecular complexity index is 1430. The maximum absolute atomic E-state index is 6.23. The van der Waals surface area contributed by atoms with Crippen molar-refractivity contribution in [1.82, 2.24) is 0 Å². The lowest BCUT2D eigenvalue weighted by atomic mass is 10.0. The summed E-state index contributed by atoms with van der Waals surface area (Å²) in [7, 11) is 0. The van der Waals surface area contributed by atoms with Crippen molar-refractivity contribution in [3.05, 3.63) is 63.9 Å². The van der Waals surface area contributed by atoms with Gasteiger partial charge in [0.1, 0.15) is 11.2 Å². The van der Waals surface area contributed by atoms with Crippen molar-refractivity contribution in [2.75, 3.05) is 6.79 Å². The van der Waals surface area contributed by atoms with E-state index in [9.17, 15) is 0 Å². The number of ether oxygens (including phenoxy) is 2. The Labute approximate surface area is 172 Å². The minimum Gasteiger partial charge on any atom is -0.463 e. The first kappa shape index (κ1) is 17.3. The Kier molecular flexibility index (Phi) is 3.75. The molecule has 0 radical (unpaired) electrons. The molecule has 0 fully saturated rings. The molecular formula is C24H20N2O4. The van der Waals surface area contributed by atoms with Crippen LogP contribution in [0.15, 0.2) is 49.6 Å². The molecule has 1 aliphatic heterocycles. The Morgan fingerprint density at radius 1 is 0.933 bits per heavy atom. The average Bonchev–Trinajstić information content (AvgIpc) is 3.47. The van der Waals surface area contributed by atoms with Crippen molar-refractivity contribution < 1.29 is 18.3 Å². The van der Waals surface area contributed by atoms with Gasteiger partial charge in [-0.1, -0.05) is 0 Å². The molecule has 6 rings (SSSR count). The number of nitrogens with zero attached hydrogens (tertiary/aromatic N) is 2. The van der Waals surface area contributed by atoms with E-state index in [0.29, 0.717) is 5.55 Å². The summed E-state index contributed by atoms with van der Waals surface area (Å²) in [5.74, 6) is 1.48. The second-order valence-electron chi connectivity index (χ2n) is 7.86. The molecule has 0 bridgehead atoms. The lowest BCUT2D eigenvalue weighted by Gasteiger charge is -2.08. The Balaban J connectivity index is 1.49. The highest BCUT2D eigenvalue weighted by Crippen LogP contribution is 2.37. The van der Waals surface area contributed by atoms with E-state index in [1.165, 1.54) is 10.9 Å². The Hall–Kier alpha value is -3.54. The second kappa shape index (κ2) is 6.49. The molecule has 0 spiro atoms. The van der Waals surface area contributed by atoms with E-state index in [2.05, 4.69) is 30.1 Å². The van der Waals surface area contributed by atoms with E-state index >= 15 is 0 Å². The molecule has 2 aromatic carbocycles. The molecule has 0 atom stereocenters. The van der Waals surface area contributed by atoms with Crippen LogP contribution in [-0.2, 0) is 12.8 Å². The monoisotopic (exact) mass is 400 g/mol. The minimum absolute atomic E-state index is 0.254. The molecule has 4 aromatic rings. The molecule has 30 heavy (non-hydrogen) atoms. The summed E-state index contributed by atoms with van der Waals surface area (Å²) in [6.07, 6.45) is 6.53. The van der Waals surface area contributed by atoms with Crippen LogP contribution < -0.4 is 15.0 Å². The first-order valence-corrected chi connectivity index (χ1v) is 10.1. The number of hydrogen-bond acceptors (Lipinski definition) is 6. The predicted molar refractivity (Wildman–Crippen MR) is 113 cm³/mol. The fraction of sp³-hybridized carbons (Fsp3) is 0.250. The number of hydrogen-bond donors (Lipinski definition) is 0. The summed E-state index contributed by atoms with van der Waals surface area (Å²) in [5, 5.41) is 11.0. The van der Waals surface area contributed by atoms with Crippen molar-refractivity contribution in [3.63, 3.8) is 0 Å². The van der Waals surface area contributed by atoms with Crippen LogP contribution in [0, 0.1) is 13.8 Å². The zero-order chi connectivity index (χ0) is 20.2. The van der Waals surface area contributed by atoms with Gasteiger partial charge in [0, 0.05) is 10.9 Å². The van der Waals surface area contributed by atoms with E-state index in [0.717, 1.165) is 69.6 Å². The molecule has 6 heteroatoms. The highest BCUT2D eigenvalue weighted by Gasteiger charge is 2.23. The molecule has 0 unspecified atom stereocenters. The number of rotatable bonds is 2. The first-order valence-electron chi connectivity index (χ1n) is 10.1. The SMILES string of the molecule is Cc1coc2c1c(C)cc1oc(=NN=Cc3ccc4c(c3)OCO4)c3c(c12)CCC3. The van der Waals surface area contributed by atoms with Crippen molar-refractivity contribution in [2.24, 2.45) is 10.2 Å². The molecule has 0 N–H and O–H groups in total. The third-order valence-corrected chi connectivity index (χ3v) is 5.93. The van der Waals surface area contributed by atoms with Gasteiger partial charge in [0.25, 0.3) is 0 Å². The fourth-order valence-corrected chi connectivity index (χ4v) is 4.58. The van der Waals surface area contributed by atoms with E-state index in [1.54, 1.807) is 6.21 Å². The molecule has 3 heterocycles. The van der Waals surface area contributed by atoms with Crippen molar-refractivity contribution >= 4 is 28.2 Å². The van der Waals surface area contributed by atoms with Crippen LogP contribution in [-0.4, -0.2) is 13.0 Å². The summed E-state index contributed by atoms with van der Waals surface area (Å²) in [4.78, 5) is 0. The third kappa shape index (κ3) is 2.56. The number of furan rings is 1. The van der Waals surface area contributed by atoms with E-state index in [-0.39, 0.29) is 6.79 Å². The summed E-state index contributed by atoms with van der Waals surface area (Å²) < 4.78 is 22.9. The van der Waals surface area contributed by atoms with Crippen molar-refractivity contribution in [1.29, 1.82) is 0 Å². The highest BCUT2D eigenvalue weighted by molar-refractivity contribution is 6.07. The standard InChI is InChI=1S/C24H20N2O4/c1-13-8-20-22(23-21(13)14(2)11-27-23)16-4-3-5-17(16)24(30-20)26-25-10-15-6-7-18-19(9-15)29-12-28-18/h6-11H,3-5,12H2,1-2H3. The van der Waals surface area contributed by atoms with Crippen LogP contribution in [0.1, 0.15) is 34.2 Å². The fourth-order valence-electron chi connectivity index (χ4n) is 4.58. The quantitative estimate of drug-likeness (QED) is 0.353. The van der Waals surface area contributed by atoms with Gasteiger partial charge in [-0.3, -0.25) is 0 Å². The zero-order valence-electron chi connectivity index (χ0n) is 16.8. The van der Waals surface area contributed by atoms with Gasteiger partial charge >= 0.3 is 0 Å². The van der Waals surface area contributed by atoms with E-state index < -0.39 is 0 Å². The number of benzene rings is 2. The van der Waals surface area contributed by atoms with Crippen molar-refractivity contribution in [3.8, 4) is 11.5 Å². The van der Waals surface area contributed by atoms with Gasteiger partial charge in [-0.25, -0.2) is 0 Å². The second-order valence-corrected chi connectivity index (χ2v) is 7.86. The molecule has 1 aliphatic carbocycles. The van der Waals surface area contributed by atoms with Crippen LogP contribution in [0.5, 0.6) is 11.5 Å². The number of fused-ring (bicyclic) bond motifs is 6. The zero-order valence-corrected chi connectivity index (χ0v) is 16.8. The van der Waals surface area contributed by atoms with Gasteiger partial charge in [-0.05, 0) is 79.6 Å². The first-order chi connectivity index (χ1) is 14.7. The summed E-state index contributed by atoms with van der Waals surface area (Å²) >= 11 is 0. The normalized spacial score (nSPS) is 15.7. The molecule has 2 aliphatic rings. The summed E-state index contributed by atoms with van der Waals surface area (Å²) in [6, 6.07) is 7.77. The number of aryl methyl sites for hydroxylation is 3. The summed E-state index contributed by atoms with van der Waals surface area (Å²) in [6.45, 7) is 4.42. The lowest BCUT2D eigenvalue weighted by Crippen LogP contribution is -2.09. The van der Waals surface area contributed by atoms with Crippen LogP contribution in [0.3, 0.4) is 0 Å². The van der Waals surface area contributed by atoms with Gasteiger partial charge in [0.2, 0.25) is 12.3 Å². The average molecular weight is 400 g/mol. The molecule has 0 amide bonds. The van der Waals surface area contributed by atoms with E-state index in [4.69, 9.17) is 18.3 Å². The highest BCUT2D eigenvalue weighted by atomic mass is 16.7. The van der Waals surface area contributed by atoms with Crippen molar-refractivity contribution in [2.45, 2.75) is 33.1 Å². The molecule has 6 nitrogen and oxygen atoms in total. The minimum atomic E-state index is 0.254. The third-order valence-electron chi connectivity index (χ3n) is 5.93. The summed E-state index contributed by atoms with van der Waals surface area (Å²) in [5.41, 5.74) is 7.88. The van der Waals surface area contributed by atoms with E-state index in [1.807, 2.05) is 24.5 Å². The van der Waals surface area contributed by atoms with Crippen LogP contribution in [0.4, 0.5) is 0 Å². The van der Waals surface area contributed by atoms with Crippen LogP contribution in [0.25, 0.3) is 21.9 Å². The van der Waals surface area contributed by atoms with Crippen LogP contribution >= 0.6 is 0 Å². The maximum Gasteiger partial charge on any atom is 0.242 e. The maximum atomic E-state index is 6.23. The van der Waals surface area contributed by atoms with Gasteiger partial charge in [-0.15, -0.1) is 5.10 Å².